The van der Waals surface area contributed by atoms with Gasteiger partial charge in [-0.25, -0.2) is 0 Å². The van der Waals surface area contributed by atoms with E-state index in [0.717, 1.165) is 0 Å². The molecule has 0 rings (SSSR count). The van der Waals surface area contributed by atoms with Crippen molar-refractivity contribution in [2.45, 2.75) is 19.8 Å². The van der Waals surface area contributed by atoms with Crippen LogP contribution >= 0.6 is 0 Å². The minimum Gasteiger partial charge on any atom is -0.369 e. The molecule has 3 nitrogen and oxygen atoms in total. The maximum absolute atomic E-state index is 10.3. The van der Waals surface area contributed by atoms with Crippen molar-refractivity contribution in [3.05, 3.63) is 0 Å². The summed E-state index contributed by atoms with van der Waals surface area (Å²) >= 11 is 0. The molecule has 0 fully saturated rings. The van der Waals surface area contributed by atoms with Crippen molar-refractivity contribution in [2.75, 3.05) is 0 Å². The maximum atomic E-state index is 10.3. The number of carbonyl (C=O) groups excluding carboxylic acids is 2. The second-order valence-corrected chi connectivity index (χ2v) is 1.99. The molecule has 0 aliphatic carbocycles. The quantitative estimate of drug-likeness (QED) is 0.579. The molecule has 0 aromatic heterocycles. The summed E-state index contributed by atoms with van der Waals surface area (Å²) in [6, 6.07) is 0. The predicted molar refractivity (Wildman–Crippen MR) is 33.3 cm³/mol. The maximum Gasteiger partial charge on any atom is 0.220 e. The van der Waals surface area contributed by atoms with E-state index < -0.39 is 0 Å². The summed E-state index contributed by atoms with van der Waals surface area (Å²) in [5.74, 6) is -0.559. The first-order valence-corrected chi connectivity index (χ1v) is 2.82. The summed E-state index contributed by atoms with van der Waals surface area (Å²) in [6.07, 6.45) is 2.50. The molecular formula is C6H10NO2. The molecule has 1 unspecified atom stereocenters. The number of hydrogen-bond acceptors (Lipinski definition) is 2. The van der Waals surface area contributed by atoms with Crippen LogP contribution in [0.2, 0.25) is 0 Å². The van der Waals surface area contributed by atoms with Crippen LogP contribution in [0.3, 0.4) is 0 Å². The van der Waals surface area contributed by atoms with Crippen LogP contribution in [0.1, 0.15) is 19.8 Å². The molecule has 0 aromatic carbocycles. The van der Waals surface area contributed by atoms with Crippen molar-refractivity contribution in [1.29, 1.82) is 0 Å². The highest BCUT2D eigenvalue weighted by Crippen LogP contribution is 2.01. The average Bonchev–Trinajstić information content (AvgIpc) is 1.82. The lowest BCUT2D eigenvalue weighted by molar-refractivity contribution is -0.121. The van der Waals surface area contributed by atoms with Crippen molar-refractivity contribution in [3.63, 3.8) is 0 Å². The van der Waals surface area contributed by atoms with Gasteiger partial charge in [-0.15, -0.1) is 0 Å². The van der Waals surface area contributed by atoms with Crippen molar-refractivity contribution in [2.24, 2.45) is 11.7 Å². The third kappa shape index (κ3) is 3.70. The van der Waals surface area contributed by atoms with Crippen molar-refractivity contribution in [3.8, 4) is 0 Å². The van der Waals surface area contributed by atoms with Gasteiger partial charge in [-0.1, -0.05) is 6.92 Å². The Hall–Kier alpha value is -0.860. The van der Waals surface area contributed by atoms with E-state index in [1.165, 1.54) is 0 Å². The fourth-order valence-electron chi connectivity index (χ4n) is 0.418. The Bertz CT molecular complexity index is 112. The monoisotopic (exact) mass is 128 g/mol. The second kappa shape index (κ2) is 4.06. The van der Waals surface area contributed by atoms with Crippen LogP contribution in [-0.2, 0) is 9.59 Å². The predicted octanol–water partition coefficient (Wildman–Crippen LogP) is -0.00230. The molecule has 0 aliphatic heterocycles. The van der Waals surface area contributed by atoms with Gasteiger partial charge in [0.05, 0.1) is 0 Å². The molecule has 51 valence electrons. The fourth-order valence-corrected chi connectivity index (χ4v) is 0.418. The molecule has 0 aromatic rings. The number of amides is 1. The highest BCUT2D eigenvalue weighted by molar-refractivity contribution is 5.76. The third-order valence-electron chi connectivity index (χ3n) is 1.17. The van der Waals surface area contributed by atoms with Crippen LogP contribution in [-0.4, -0.2) is 12.2 Å². The van der Waals surface area contributed by atoms with Gasteiger partial charge in [0.2, 0.25) is 5.91 Å². The molecule has 9 heavy (non-hydrogen) atoms. The van der Waals surface area contributed by atoms with Gasteiger partial charge < -0.3 is 5.73 Å². The van der Waals surface area contributed by atoms with Gasteiger partial charge >= 0.3 is 0 Å². The smallest absolute Gasteiger partial charge is 0.220 e. The average molecular weight is 128 g/mol. The molecule has 0 spiro atoms. The molecule has 1 radical (unpaired) electrons. The normalized spacial score (nSPS) is 12.6. The lowest BCUT2D eigenvalue weighted by Crippen LogP contribution is -2.20. The Labute approximate surface area is 54.2 Å². The van der Waals surface area contributed by atoms with Crippen LogP contribution < -0.4 is 5.73 Å². The van der Waals surface area contributed by atoms with Gasteiger partial charge in [0.15, 0.2) is 6.29 Å². The zero-order valence-electron chi connectivity index (χ0n) is 5.39. The van der Waals surface area contributed by atoms with Crippen LogP contribution in [0, 0.1) is 5.92 Å². The highest BCUT2D eigenvalue weighted by atomic mass is 16.1. The van der Waals surface area contributed by atoms with E-state index in [-0.39, 0.29) is 11.8 Å². The number of rotatable bonds is 4. The molecule has 0 saturated carbocycles. The first-order valence-electron chi connectivity index (χ1n) is 2.82. The van der Waals surface area contributed by atoms with Crippen molar-refractivity contribution >= 4 is 12.2 Å². The molecule has 0 bridgehead atoms. The fraction of sp³-hybridized carbons (Fsp3) is 0.667. The van der Waals surface area contributed by atoms with E-state index >= 15 is 0 Å². The minimum absolute atomic E-state index is 0.202. The summed E-state index contributed by atoms with van der Waals surface area (Å²) in [5.41, 5.74) is 4.91. The van der Waals surface area contributed by atoms with Gasteiger partial charge in [0, 0.05) is 12.3 Å². The summed E-state index contributed by atoms with van der Waals surface area (Å²) in [4.78, 5) is 20.0. The number of nitrogens with two attached hydrogens (primary N) is 1. The summed E-state index contributed by atoms with van der Waals surface area (Å²) < 4.78 is 0. The molecule has 1 amide bonds. The van der Waals surface area contributed by atoms with Gasteiger partial charge in [-0.2, -0.15) is 0 Å². The zero-order chi connectivity index (χ0) is 7.28. The van der Waals surface area contributed by atoms with Gasteiger partial charge in [-0.3, -0.25) is 9.59 Å². The molecule has 0 saturated heterocycles. The number of hydrogen-bond donors (Lipinski definition) is 1. The van der Waals surface area contributed by atoms with E-state index in [9.17, 15) is 9.59 Å². The molecule has 3 heteroatoms. The Morgan fingerprint density at radius 3 is 2.67 bits per heavy atom. The lowest BCUT2D eigenvalue weighted by atomic mass is 10.1. The topological polar surface area (TPSA) is 60.2 Å². The zero-order valence-corrected chi connectivity index (χ0v) is 5.39. The Morgan fingerprint density at radius 1 is 1.78 bits per heavy atom. The van der Waals surface area contributed by atoms with E-state index in [0.29, 0.717) is 12.8 Å². The van der Waals surface area contributed by atoms with Crippen LogP contribution in [0.5, 0.6) is 0 Å². The van der Waals surface area contributed by atoms with Crippen molar-refractivity contribution < 1.29 is 9.59 Å². The van der Waals surface area contributed by atoms with Crippen LogP contribution in [0.15, 0.2) is 0 Å². The molecular weight excluding hydrogens is 118 g/mol. The van der Waals surface area contributed by atoms with E-state index in [2.05, 4.69) is 0 Å². The molecule has 0 heterocycles. The van der Waals surface area contributed by atoms with E-state index in [4.69, 9.17) is 5.73 Å². The largest absolute Gasteiger partial charge is 0.369 e. The van der Waals surface area contributed by atoms with E-state index in [1.54, 1.807) is 13.2 Å². The first kappa shape index (κ1) is 8.14. The summed E-state index contributed by atoms with van der Waals surface area (Å²) in [7, 11) is 0. The number of carbonyl (C=O) groups is 1. The van der Waals surface area contributed by atoms with Gasteiger partial charge in [0.1, 0.15) is 0 Å². The number of primary amides is 1. The van der Waals surface area contributed by atoms with Gasteiger partial charge in [0.25, 0.3) is 0 Å². The Kier molecular flexibility index (Phi) is 3.67. The SMILES string of the molecule is CC(CC[C]=O)C(N)=O. The standard InChI is InChI=1S/C6H10NO2/c1-5(6(7)9)3-2-4-8/h5H,2-3H2,1H3,(H2,7,9). The summed E-state index contributed by atoms with van der Waals surface area (Å²) in [6.45, 7) is 1.69. The molecule has 1 atom stereocenters. The van der Waals surface area contributed by atoms with E-state index in [1.807, 2.05) is 0 Å². The summed E-state index contributed by atoms with van der Waals surface area (Å²) in [5, 5.41) is 0. The van der Waals surface area contributed by atoms with Crippen molar-refractivity contribution in [1.82, 2.24) is 0 Å². The minimum atomic E-state index is -0.356. The lowest BCUT2D eigenvalue weighted by Gasteiger charge is -2.00. The van der Waals surface area contributed by atoms with Gasteiger partial charge in [-0.05, 0) is 6.42 Å². The third-order valence-corrected chi connectivity index (χ3v) is 1.17. The van der Waals surface area contributed by atoms with Crippen LogP contribution in [0.4, 0.5) is 0 Å². The second-order valence-electron chi connectivity index (χ2n) is 1.99. The Balaban J connectivity index is 3.37. The highest BCUT2D eigenvalue weighted by Gasteiger charge is 2.06. The molecule has 2 N–H and O–H groups in total. The first-order chi connectivity index (χ1) is 4.18. The molecule has 0 aliphatic rings. The van der Waals surface area contributed by atoms with Crippen LogP contribution in [0.25, 0.3) is 0 Å². The Morgan fingerprint density at radius 2 is 2.33 bits per heavy atom.